The lowest BCUT2D eigenvalue weighted by Gasteiger charge is -2.12. The highest BCUT2D eigenvalue weighted by molar-refractivity contribution is 7.92. The molecular formula is C22H29N5O4S. The van der Waals surface area contributed by atoms with E-state index in [1.807, 2.05) is 27.8 Å². The van der Waals surface area contributed by atoms with Crippen LogP contribution in [0.4, 0.5) is 11.4 Å². The number of fused-ring (bicyclic) bond motifs is 1. The van der Waals surface area contributed by atoms with E-state index in [9.17, 15) is 13.2 Å². The van der Waals surface area contributed by atoms with E-state index in [0.717, 1.165) is 27.9 Å². The standard InChI is InChI=1S/C22H29N5O4S/c1-6-13-32(29,30)26-17-9-7-16(8-10-17)24-19(28)12-11-18-14(2)20-21(23-15(18)3)27(4)25-22(20)31-5/h7-10,26H,6,11-13H2,1-5H3,(H,24,28). The first kappa shape index (κ1) is 23.5. The van der Waals surface area contributed by atoms with Crippen LogP contribution in [0.5, 0.6) is 5.88 Å². The molecule has 2 aromatic heterocycles. The maximum Gasteiger partial charge on any atom is 0.242 e. The zero-order chi connectivity index (χ0) is 23.5. The number of carbonyl (C=O) groups excluding carboxylic acids is 1. The van der Waals surface area contributed by atoms with Crippen molar-refractivity contribution in [3.8, 4) is 5.88 Å². The summed E-state index contributed by atoms with van der Waals surface area (Å²) in [5, 5.41) is 8.06. The summed E-state index contributed by atoms with van der Waals surface area (Å²) in [5.41, 5.74) is 4.68. The number of hydrogen-bond donors (Lipinski definition) is 2. The number of ether oxygens (including phenoxy) is 1. The van der Waals surface area contributed by atoms with Crippen LogP contribution in [0.2, 0.25) is 0 Å². The first-order valence-electron chi connectivity index (χ1n) is 10.4. The van der Waals surface area contributed by atoms with Crippen molar-refractivity contribution in [2.24, 2.45) is 7.05 Å². The van der Waals surface area contributed by atoms with Gasteiger partial charge in [0.2, 0.25) is 21.8 Å². The molecule has 3 rings (SSSR count). The van der Waals surface area contributed by atoms with Gasteiger partial charge < -0.3 is 10.1 Å². The zero-order valence-electron chi connectivity index (χ0n) is 19.0. The summed E-state index contributed by atoms with van der Waals surface area (Å²) in [6.07, 6.45) is 1.35. The Hall–Kier alpha value is -3.14. The molecule has 0 atom stereocenters. The van der Waals surface area contributed by atoms with Crippen molar-refractivity contribution < 1.29 is 17.9 Å². The van der Waals surface area contributed by atoms with Crippen molar-refractivity contribution in [3.63, 3.8) is 0 Å². The molecule has 2 heterocycles. The van der Waals surface area contributed by atoms with E-state index in [1.54, 1.807) is 36.1 Å². The molecule has 0 aliphatic carbocycles. The third-order valence-corrected chi connectivity index (χ3v) is 6.73. The number of carbonyl (C=O) groups is 1. The van der Waals surface area contributed by atoms with Gasteiger partial charge in [0.1, 0.15) is 0 Å². The molecule has 0 radical (unpaired) electrons. The zero-order valence-corrected chi connectivity index (χ0v) is 19.8. The Kier molecular flexibility index (Phi) is 7.02. The highest BCUT2D eigenvalue weighted by Crippen LogP contribution is 2.30. The monoisotopic (exact) mass is 459 g/mol. The van der Waals surface area contributed by atoms with Crippen LogP contribution >= 0.6 is 0 Å². The van der Waals surface area contributed by atoms with Gasteiger partial charge in [-0.25, -0.2) is 18.1 Å². The Balaban J connectivity index is 1.67. The van der Waals surface area contributed by atoms with Crippen LogP contribution in [0, 0.1) is 13.8 Å². The Morgan fingerprint density at radius 3 is 2.44 bits per heavy atom. The van der Waals surface area contributed by atoms with Crippen LogP contribution in [0.25, 0.3) is 11.0 Å². The molecule has 0 unspecified atom stereocenters. The smallest absolute Gasteiger partial charge is 0.242 e. The van der Waals surface area contributed by atoms with E-state index >= 15 is 0 Å². The van der Waals surface area contributed by atoms with Crippen molar-refractivity contribution >= 4 is 38.3 Å². The van der Waals surface area contributed by atoms with Crippen molar-refractivity contribution in [3.05, 3.63) is 41.1 Å². The molecule has 0 saturated heterocycles. The lowest BCUT2D eigenvalue weighted by atomic mass is 10.00. The minimum atomic E-state index is -3.35. The highest BCUT2D eigenvalue weighted by atomic mass is 32.2. The van der Waals surface area contributed by atoms with Crippen molar-refractivity contribution in [2.75, 3.05) is 22.9 Å². The van der Waals surface area contributed by atoms with Gasteiger partial charge >= 0.3 is 0 Å². The second kappa shape index (κ2) is 9.56. The lowest BCUT2D eigenvalue weighted by molar-refractivity contribution is -0.116. The number of rotatable bonds is 9. The highest BCUT2D eigenvalue weighted by Gasteiger charge is 2.18. The van der Waals surface area contributed by atoms with Crippen molar-refractivity contribution in [1.82, 2.24) is 14.8 Å². The van der Waals surface area contributed by atoms with Gasteiger partial charge in [-0.2, -0.15) is 0 Å². The lowest BCUT2D eigenvalue weighted by Crippen LogP contribution is -2.16. The van der Waals surface area contributed by atoms with Crippen LogP contribution < -0.4 is 14.8 Å². The number of pyridine rings is 1. The molecule has 1 amide bonds. The molecule has 0 fully saturated rings. The Bertz CT molecular complexity index is 1230. The van der Waals surface area contributed by atoms with Crippen molar-refractivity contribution in [2.45, 2.75) is 40.0 Å². The minimum Gasteiger partial charge on any atom is -0.479 e. The van der Waals surface area contributed by atoms with Gasteiger partial charge in [-0.05, 0) is 62.1 Å². The van der Waals surface area contributed by atoms with Gasteiger partial charge in [0.15, 0.2) is 5.65 Å². The number of amides is 1. The second-order valence-electron chi connectivity index (χ2n) is 7.68. The third-order valence-electron chi connectivity index (χ3n) is 5.23. The normalized spacial score (nSPS) is 11.5. The van der Waals surface area contributed by atoms with E-state index in [2.05, 4.69) is 20.1 Å². The number of aromatic nitrogens is 3. The number of methoxy groups -OCH3 is 1. The van der Waals surface area contributed by atoms with Crippen LogP contribution in [-0.4, -0.2) is 42.0 Å². The molecule has 9 nitrogen and oxygen atoms in total. The molecule has 32 heavy (non-hydrogen) atoms. The fourth-order valence-corrected chi connectivity index (χ4v) is 4.82. The number of nitrogens with zero attached hydrogens (tertiary/aromatic N) is 3. The van der Waals surface area contributed by atoms with E-state index in [-0.39, 0.29) is 18.1 Å². The largest absolute Gasteiger partial charge is 0.479 e. The molecule has 172 valence electrons. The van der Waals surface area contributed by atoms with Gasteiger partial charge in [0, 0.05) is 30.5 Å². The molecule has 0 aliphatic rings. The quantitative estimate of drug-likeness (QED) is 0.507. The number of hydrogen-bond acceptors (Lipinski definition) is 6. The predicted molar refractivity (Wildman–Crippen MR) is 126 cm³/mol. The van der Waals surface area contributed by atoms with Crippen LogP contribution in [0.1, 0.15) is 36.6 Å². The summed E-state index contributed by atoms with van der Waals surface area (Å²) in [4.78, 5) is 17.2. The average Bonchev–Trinajstić information content (AvgIpc) is 3.04. The molecule has 3 aromatic rings. The van der Waals surface area contributed by atoms with E-state index < -0.39 is 10.0 Å². The van der Waals surface area contributed by atoms with Gasteiger partial charge in [-0.3, -0.25) is 9.52 Å². The summed E-state index contributed by atoms with van der Waals surface area (Å²) < 4.78 is 33.3. The summed E-state index contributed by atoms with van der Waals surface area (Å²) in [6, 6.07) is 6.60. The Morgan fingerprint density at radius 1 is 1.16 bits per heavy atom. The molecule has 0 saturated carbocycles. The third kappa shape index (κ3) is 5.18. The molecular weight excluding hydrogens is 430 g/mol. The Labute approximate surface area is 188 Å². The summed E-state index contributed by atoms with van der Waals surface area (Å²) >= 11 is 0. The van der Waals surface area contributed by atoms with Crippen LogP contribution in [0.15, 0.2) is 24.3 Å². The van der Waals surface area contributed by atoms with E-state index in [1.165, 1.54) is 0 Å². The number of anilines is 2. The second-order valence-corrected chi connectivity index (χ2v) is 9.52. The predicted octanol–water partition coefficient (Wildman–Crippen LogP) is 3.32. The number of benzene rings is 1. The maximum atomic E-state index is 12.5. The van der Waals surface area contributed by atoms with E-state index in [4.69, 9.17) is 4.74 Å². The molecule has 0 aliphatic heterocycles. The number of aryl methyl sites for hydroxylation is 3. The SMILES string of the molecule is CCCS(=O)(=O)Nc1ccc(NC(=O)CCc2c(C)nc3c(c(OC)nn3C)c2C)cc1. The molecule has 0 bridgehead atoms. The summed E-state index contributed by atoms with van der Waals surface area (Å²) in [7, 11) is 0.0554. The summed E-state index contributed by atoms with van der Waals surface area (Å²) in [5.74, 6) is 0.449. The molecule has 2 N–H and O–H groups in total. The van der Waals surface area contributed by atoms with Gasteiger partial charge in [0.25, 0.3) is 0 Å². The van der Waals surface area contributed by atoms with E-state index in [0.29, 0.717) is 30.1 Å². The first-order valence-corrected chi connectivity index (χ1v) is 12.1. The van der Waals surface area contributed by atoms with Gasteiger partial charge in [-0.1, -0.05) is 6.92 Å². The van der Waals surface area contributed by atoms with Crippen LogP contribution in [0.3, 0.4) is 0 Å². The average molecular weight is 460 g/mol. The molecule has 0 spiro atoms. The maximum absolute atomic E-state index is 12.5. The number of sulfonamides is 1. The Morgan fingerprint density at radius 2 is 1.81 bits per heavy atom. The number of nitrogens with one attached hydrogen (secondary N) is 2. The molecule has 10 heteroatoms. The fraction of sp³-hybridized carbons (Fsp3) is 0.409. The topological polar surface area (TPSA) is 115 Å². The first-order chi connectivity index (χ1) is 15.1. The van der Waals surface area contributed by atoms with Crippen molar-refractivity contribution in [1.29, 1.82) is 0 Å². The fourth-order valence-electron chi connectivity index (χ4n) is 3.69. The summed E-state index contributed by atoms with van der Waals surface area (Å²) in [6.45, 7) is 5.73. The van der Waals surface area contributed by atoms with Crippen LogP contribution in [-0.2, 0) is 28.3 Å². The van der Waals surface area contributed by atoms with Gasteiger partial charge in [0.05, 0.1) is 18.2 Å². The molecule has 1 aromatic carbocycles. The minimum absolute atomic E-state index is 0.0654. The van der Waals surface area contributed by atoms with Gasteiger partial charge in [-0.15, -0.1) is 5.10 Å².